The van der Waals surface area contributed by atoms with Crippen LogP contribution in [-0.2, 0) is 4.79 Å². The number of carbonyl (C=O) groups excluding carboxylic acids is 1. The molecule has 0 spiro atoms. The van der Waals surface area contributed by atoms with E-state index in [4.69, 9.17) is 10.5 Å². The van der Waals surface area contributed by atoms with Crippen LogP contribution in [0.4, 0.5) is 11.4 Å². The van der Waals surface area contributed by atoms with Crippen LogP contribution in [0.15, 0.2) is 48.8 Å². The number of ether oxygens (including phenoxy) is 1. The highest BCUT2D eigenvalue weighted by molar-refractivity contribution is 6.01. The van der Waals surface area contributed by atoms with Crippen LogP contribution in [0.1, 0.15) is 12.5 Å². The number of anilines is 2. The van der Waals surface area contributed by atoms with Gasteiger partial charge in [0, 0.05) is 12.3 Å². The Bertz CT molecular complexity index is 639. The van der Waals surface area contributed by atoms with Crippen molar-refractivity contribution >= 4 is 23.4 Å². The molecule has 1 amide bonds. The van der Waals surface area contributed by atoms with Crippen LogP contribution < -0.4 is 15.8 Å². The third-order valence-corrected chi connectivity index (χ3v) is 2.69. The number of carbonyl (C=O) groups is 1. The summed E-state index contributed by atoms with van der Waals surface area (Å²) in [7, 11) is 0. The zero-order valence-electron chi connectivity index (χ0n) is 11.7. The highest BCUT2D eigenvalue weighted by Crippen LogP contribution is 2.23. The molecular formula is C16H17N3O2. The van der Waals surface area contributed by atoms with Gasteiger partial charge in [-0.3, -0.25) is 9.78 Å². The minimum atomic E-state index is -0.226. The highest BCUT2D eigenvalue weighted by Gasteiger charge is 2.01. The maximum Gasteiger partial charge on any atom is 0.248 e. The molecule has 0 saturated heterocycles. The van der Waals surface area contributed by atoms with Crippen molar-refractivity contribution in [3.8, 4) is 5.75 Å². The number of rotatable bonds is 5. The maximum atomic E-state index is 11.8. The molecule has 2 rings (SSSR count). The highest BCUT2D eigenvalue weighted by atomic mass is 16.5. The summed E-state index contributed by atoms with van der Waals surface area (Å²) in [5.74, 6) is 0.421. The summed E-state index contributed by atoms with van der Waals surface area (Å²) in [6, 6.07) is 8.92. The van der Waals surface area contributed by atoms with E-state index in [1.165, 1.54) is 6.08 Å². The molecule has 1 aromatic carbocycles. The molecule has 3 N–H and O–H groups in total. The standard InChI is InChI=1S/C16H17N3O2/c1-2-21-15-7-5-12(10-14(15)17)6-8-16(20)19-13-4-3-9-18-11-13/h3-11H,2,17H2,1H3,(H,19,20)/b8-6-. The number of hydrogen-bond donors (Lipinski definition) is 2. The van der Waals surface area contributed by atoms with Gasteiger partial charge in [-0.2, -0.15) is 0 Å². The van der Waals surface area contributed by atoms with Crippen molar-refractivity contribution in [1.29, 1.82) is 0 Å². The van der Waals surface area contributed by atoms with E-state index in [-0.39, 0.29) is 5.91 Å². The molecule has 5 heteroatoms. The molecule has 2 aromatic rings. The topological polar surface area (TPSA) is 77.2 Å². The largest absolute Gasteiger partial charge is 0.492 e. The van der Waals surface area contributed by atoms with Crippen LogP contribution >= 0.6 is 0 Å². The van der Waals surface area contributed by atoms with Crippen LogP contribution in [0.3, 0.4) is 0 Å². The minimum absolute atomic E-state index is 0.226. The van der Waals surface area contributed by atoms with E-state index in [1.807, 2.05) is 13.0 Å². The van der Waals surface area contributed by atoms with Gasteiger partial charge in [-0.15, -0.1) is 0 Å². The Morgan fingerprint density at radius 1 is 1.43 bits per heavy atom. The van der Waals surface area contributed by atoms with Crippen molar-refractivity contribution in [3.05, 3.63) is 54.4 Å². The lowest BCUT2D eigenvalue weighted by molar-refractivity contribution is -0.111. The Kier molecular flexibility index (Phi) is 4.93. The first kappa shape index (κ1) is 14.6. The molecule has 1 heterocycles. The molecule has 0 fully saturated rings. The molecule has 108 valence electrons. The minimum Gasteiger partial charge on any atom is -0.492 e. The van der Waals surface area contributed by atoms with Gasteiger partial charge in [-0.1, -0.05) is 6.07 Å². The Balaban J connectivity index is 2.00. The van der Waals surface area contributed by atoms with Crippen LogP contribution in [0, 0.1) is 0 Å². The molecule has 0 unspecified atom stereocenters. The fourth-order valence-electron chi connectivity index (χ4n) is 1.75. The zero-order valence-corrected chi connectivity index (χ0v) is 11.7. The van der Waals surface area contributed by atoms with E-state index in [1.54, 1.807) is 42.7 Å². The van der Waals surface area contributed by atoms with E-state index < -0.39 is 0 Å². The number of benzene rings is 1. The lowest BCUT2D eigenvalue weighted by Crippen LogP contribution is -2.07. The molecule has 0 saturated carbocycles. The molecule has 0 aliphatic heterocycles. The summed E-state index contributed by atoms with van der Waals surface area (Å²) < 4.78 is 5.36. The lowest BCUT2D eigenvalue weighted by Gasteiger charge is -2.06. The normalized spacial score (nSPS) is 10.5. The third kappa shape index (κ3) is 4.35. The first-order valence-corrected chi connectivity index (χ1v) is 6.60. The quantitative estimate of drug-likeness (QED) is 0.653. The predicted molar refractivity (Wildman–Crippen MR) is 83.9 cm³/mol. The first-order chi connectivity index (χ1) is 10.2. The van der Waals surface area contributed by atoms with Crippen molar-refractivity contribution in [2.45, 2.75) is 6.92 Å². The monoisotopic (exact) mass is 283 g/mol. The van der Waals surface area contributed by atoms with Crippen molar-refractivity contribution in [2.24, 2.45) is 0 Å². The summed E-state index contributed by atoms with van der Waals surface area (Å²) >= 11 is 0. The summed E-state index contributed by atoms with van der Waals surface area (Å²) in [6.07, 6.45) is 6.37. The number of nitrogens with zero attached hydrogens (tertiary/aromatic N) is 1. The van der Waals surface area contributed by atoms with E-state index in [0.29, 0.717) is 23.7 Å². The second-order valence-electron chi connectivity index (χ2n) is 4.29. The Labute approximate surface area is 123 Å². The first-order valence-electron chi connectivity index (χ1n) is 6.60. The molecule has 0 aliphatic rings. The average Bonchev–Trinajstić information content (AvgIpc) is 2.49. The summed E-state index contributed by atoms with van der Waals surface area (Å²) in [4.78, 5) is 15.7. The number of hydrogen-bond acceptors (Lipinski definition) is 4. The summed E-state index contributed by atoms with van der Waals surface area (Å²) in [6.45, 7) is 2.46. The zero-order chi connectivity index (χ0) is 15.1. The second kappa shape index (κ2) is 7.09. The Morgan fingerprint density at radius 3 is 2.95 bits per heavy atom. The van der Waals surface area contributed by atoms with Crippen LogP contribution in [0.2, 0.25) is 0 Å². The van der Waals surface area contributed by atoms with Gasteiger partial charge in [0.25, 0.3) is 0 Å². The number of amides is 1. The van der Waals surface area contributed by atoms with Gasteiger partial charge < -0.3 is 15.8 Å². The smallest absolute Gasteiger partial charge is 0.248 e. The van der Waals surface area contributed by atoms with Gasteiger partial charge in [0.2, 0.25) is 5.91 Å². The van der Waals surface area contributed by atoms with Gasteiger partial charge in [0.05, 0.1) is 24.2 Å². The molecule has 5 nitrogen and oxygen atoms in total. The molecule has 0 bridgehead atoms. The molecule has 1 aromatic heterocycles. The number of aromatic nitrogens is 1. The number of pyridine rings is 1. The summed E-state index contributed by atoms with van der Waals surface area (Å²) in [5.41, 5.74) is 7.90. The average molecular weight is 283 g/mol. The SMILES string of the molecule is CCOc1ccc(/C=C\C(=O)Nc2cccnc2)cc1N. The van der Waals surface area contributed by atoms with Crippen molar-refractivity contribution in [2.75, 3.05) is 17.7 Å². The fraction of sp³-hybridized carbons (Fsp3) is 0.125. The third-order valence-electron chi connectivity index (χ3n) is 2.69. The van der Waals surface area contributed by atoms with Gasteiger partial charge in [-0.25, -0.2) is 0 Å². The maximum absolute atomic E-state index is 11.8. The van der Waals surface area contributed by atoms with Crippen LogP contribution in [-0.4, -0.2) is 17.5 Å². The van der Waals surface area contributed by atoms with Crippen LogP contribution in [0.5, 0.6) is 5.75 Å². The molecule has 0 aliphatic carbocycles. The van der Waals surface area contributed by atoms with Crippen LogP contribution in [0.25, 0.3) is 6.08 Å². The number of nitrogens with one attached hydrogen (secondary N) is 1. The number of nitrogens with two attached hydrogens (primary N) is 1. The lowest BCUT2D eigenvalue weighted by atomic mass is 10.1. The van der Waals surface area contributed by atoms with E-state index >= 15 is 0 Å². The summed E-state index contributed by atoms with van der Waals surface area (Å²) in [5, 5.41) is 2.71. The van der Waals surface area contributed by atoms with E-state index in [9.17, 15) is 4.79 Å². The van der Waals surface area contributed by atoms with Gasteiger partial charge in [0.1, 0.15) is 5.75 Å². The second-order valence-corrected chi connectivity index (χ2v) is 4.29. The van der Waals surface area contributed by atoms with Gasteiger partial charge >= 0.3 is 0 Å². The molecule has 21 heavy (non-hydrogen) atoms. The van der Waals surface area contributed by atoms with Crippen molar-refractivity contribution in [1.82, 2.24) is 4.98 Å². The Morgan fingerprint density at radius 2 is 2.29 bits per heavy atom. The molecule has 0 radical (unpaired) electrons. The number of nitrogen functional groups attached to an aromatic ring is 1. The van der Waals surface area contributed by atoms with E-state index in [2.05, 4.69) is 10.3 Å². The van der Waals surface area contributed by atoms with Crippen molar-refractivity contribution in [3.63, 3.8) is 0 Å². The Hall–Kier alpha value is -2.82. The molecular weight excluding hydrogens is 266 g/mol. The van der Waals surface area contributed by atoms with Crippen molar-refractivity contribution < 1.29 is 9.53 Å². The van der Waals surface area contributed by atoms with Gasteiger partial charge in [-0.05, 0) is 42.8 Å². The molecule has 0 atom stereocenters. The van der Waals surface area contributed by atoms with E-state index in [0.717, 1.165) is 5.56 Å². The van der Waals surface area contributed by atoms with Gasteiger partial charge in [0.15, 0.2) is 0 Å². The fourth-order valence-corrected chi connectivity index (χ4v) is 1.75. The predicted octanol–water partition coefficient (Wildman–Crippen LogP) is 2.71.